The van der Waals surface area contributed by atoms with Crippen molar-refractivity contribution < 1.29 is 4.39 Å². The average molecular weight is 229 g/mol. The molecular formula is C15H16FN. The molecule has 1 nitrogen and oxygen atoms in total. The van der Waals surface area contributed by atoms with Crippen molar-refractivity contribution in [2.75, 3.05) is 11.9 Å². The van der Waals surface area contributed by atoms with Gasteiger partial charge in [0.05, 0.1) is 5.69 Å². The van der Waals surface area contributed by atoms with E-state index in [1.807, 2.05) is 31.2 Å². The lowest BCUT2D eigenvalue weighted by molar-refractivity contribution is 0.629. The van der Waals surface area contributed by atoms with E-state index in [-0.39, 0.29) is 5.82 Å². The van der Waals surface area contributed by atoms with Gasteiger partial charge in [-0.05, 0) is 36.6 Å². The van der Waals surface area contributed by atoms with Crippen LogP contribution in [0.3, 0.4) is 0 Å². The van der Waals surface area contributed by atoms with Crippen LogP contribution in [0.2, 0.25) is 0 Å². The minimum atomic E-state index is -0.191. The van der Waals surface area contributed by atoms with E-state index >= 15 is 0 Å². The smallest absolute Gasteiger partial charge is 0.146 e. The van der Waals surface area contributed by atoms with Gasteiger partial charge in [-0.3, -0.25) is 0 Å². The van der Waals surface area contributed by atoms with Gasteiger partial charge in [0.15, 0.2) is 0 Å². The van der Waals surface area contributed by atoms with Gasteiger partial charge in [-0.15, -0.1) is 0 Å². The number of benzene rings is 2. The Kier molecular flexibility index (Phi) is 3.76. The molecule has 0 fully saturated rings. The molecule has 2 rings (SSSR count). The first-order valence-corrected chi connectivity index (χ1v) is 5.79. The summed E-state index contributed by atoms with van der Waals surface area (Å²) < 4.78 is 13.4. The Morgan fingerprint density at radius 2 is 1.82 bits per heavy atom. The molecule has 17 heavy (non-hydrogen) atoms. The van der Waals surface area contributed by atoms with Crippen LogP contribution in [0.1, 0.15) is 11.1 Å². The normalized spacial score (nSPS) is 10.2. The fraction of sp³-hybridized carbons (Fsp3) is 0.200. The SMILES string of the molecule is Cc1ccc(F)c(NCCc2ccccc2)c1. The third kappa shape index (κ3) is 3.31. The molecule has 0 saturated carbocycles. The Labute approximate surface area is 101 Å². The third-order valence-electron chi connectivity index (χ3n) is 2.69. The highest BCUT2D eigenvalue weighted by Gasteiger charge is 2.00. The van der Waals surface area contributed by atoms with Gasteiger partial charge in [0.25, 0.3) is 0 Å². The lowest BCUT2D eigenvalue weighted by Crippen LogP contribution is -2.06. The molecule has 0 spiro atoms. The van der Waals surface area contributed by atoms with Gasteiger partial charge >= 0.3 is 0 Å². The van der Waals surface area contributed by atoms with Gasteiger partial charge in [0.1, 0.15) is 5.82 Å². The summed E-state index contributed by atoms with van der Waals surface area (Å²) in [7, 11) is 0. The fourth-order valence-corrected chi connectivity index (χ4v) is 1.76. The van der Waals surface area contributed by atoms with Crippen LogP contribution in [0.5, 0.6) is 0 Å². The first-order valence-electron chi connectivity index (χ1n) is 5.79. The van der Waals surface area contributed by atoms with Gasteiger partial charge in [-0.1, -0.05) is 36.4 Å². The fourth-order valence-electron chi connectivity index (χ4n) is 1.76. The van der Waals surface area contributed by atoms with Crippen molar-refractivity contribution in [1.29, 1.82) is 0 Å². The second-order valence-electron chi connectivity index (χ2n) is 4.15. The lowest BCUT2D eigenvalue weighted by atomic mass is 10.1. The molecule has 0 heterocycles. The van der Waals surface area contributed by atoms with Crippen LogP contribution in [0.25, 0.3) is 0 Å². The van der Waals surface area contributed by atoms with E-state index in [1.165, 1.54) is 11.6 Å². The quantitative estimate of drug-likeness (QED) is 0.841. The summed E-state index contributed by atoms with van der Waals surface area (Å²) in [5, 5.41) is 3.13. The summed E-state index contributed by atoms with van der Waals surface area (Å²) in [5.41, 5.74) is 2.91. The minimum absolute atomic E-state index is 0.191. The zero-order valence-corrected chi connectivity index (χ0v) is 9.91. The number of rotatable bonds is 4. The summed E-state index contributed by atoms with van der Waals surface area (Å²) in [6.07, 6.45) is 0.897. The molecule has 2 aromatic rings. The topological polar surface area (TPSA) is 12.0 Å². The van der Waals surface area contributed by atoms with E-state index in [0.717, 1.165) is 18.5 Å². The van der Waals surface area contributed by atoms with E-state index in [1.54, 1.807) is 6.07 Å². The molecule has 0 radical (unpaired) electrons. The molecule has 0 bridgehead atoms. The zero-order valence-electron chi connectivity index (χ0n) is 9.91. The van der Waals surface area contributed by atoms with Crippen LogP contribution < -0.4 is 5.32 Å². The van der Waals surface area contributed by atoms with Gasteiger partial charge in [-0.2, -0.15) is 0 Å². The van der Waals surface area contributed by atoms with Gasteiger partial charge < -0.3 is 5.32 Å². The van der Waals surface area contributed by atoms with Crippen LogP contribution in [-0.2, 0) is 6.42 Å². The molecule has 2 heteroatoms. The predicted octanol–water partition coefficient (Wildman–Crippen LogP) is 3.79. The monoisotopic (exact) mass is 229 g/mol. The lowest BCUT2D eigenvalue weighted by Gasteiger charge is -2.08. The molecule has 0 aromatic heterocycles. The Morgan fingerprint density at radius 1 is 1.06 bits per heavy atom. The molecule has 0 aliphatic heterocycles. The van der Waals surface area contributed by atoms with Gasteiger partial charge in [0.2, 0.25) is 0 Å². The number of aryl methyl sites for hydroxylation is 1. The minimum Gasteiger partial charge on any atom is -0.382 e. The molecule has 1 N–H and O–H groups in total. The number of nitrogens with one attached hydrogen (secondary N) is 1. The van der Waals surface area contributed by atoms with Gasteiger partial charge in [0, 0.05) is 6.54 Å². The standard InChI is InChI=1S/C15H16FN/c1-12-7-8-14(16)15(11-12)17-10-9-13-5-3-2-4-6-13/h2-8,11,17H,9-10H2,1H3. The molecule has 0 aliphatic rings. The largest absolute Gasteiger partial charge is 0.382 e. The molecule has 2 aromatic carbocycles. The summed E-state index contributed by atoms with van der Waals surface area (Å²) >= 11 is 0. The Morgan fingerprint density at radius 3 is 2.59 bits per heavy atom. The second-order valence-corrected chi connectivity index (χ2v) is 4.15. The van der Waals surface area contributed by atoms with Crippen molar-refractivity contribution in [2.45, 2.75) is 13.3 Å². The summed E-state index contributed by atoms with van der Waals surface area (Å²) in [5.74, 6) is -0.191. The maximum absolute atomic E-state index is 13.4. The number of hydrogen-bond acceptors (Lipinski definition) is 1. The van der Waals surface area contributed by atoms with Crippen molar-refractivity contribution in [2.24, 2.45) is 0 Å². The molecular weight excluding hydrogens is 213 g/mol. The van der Waals surface area contributed by atoms with E-state index < -0.39 is 0 Å². The Bertz CT molecular complexity index is 480. The predicted molar refractivity (Wildman–Crippen MR) is 69.8 cm³/mol. The summed E-state index contributed by atoms with van der Waals surface area (Å²) in [6, 6.07) is 15.3. The van der Waals surface area contributed by atoms with Crippen molar-refractivity contribution in [3.63, 3.8) is 0 Å². The van der Waals surface area contributed by atoms with Crippen molar-refractivity contribution >= 4 is 5.69 Å². The molecule has 0 amide bonds. The average Bonchev–Trinajstić information content (AvgIpc) is 2.35. The first-order chi connectivity index (χ1) is 8.25. The Balaban J connectivity index is 1.92. The van der Waals surface area contributed by atoms with E-state index in [9.17, 15) is 4.39 Å². The Hall–Kier alpha value is -1.83. The number of anilines is 1. The van der Waals surface area contributed by atoms with Crippen LogP contribution >= 0.6 is 0 Å². The first kappa shape index (κ1) is 11.6. The van der Waals surface area contributed by atoms with Crippen molar-refractivity contribution in [3.8, 4) is 0 Å². The summed E-state index contributed by atoms with van der Waals surface area (Å²) in [4.78, 5) is 0. The molecule has 0 aliphatic carbocycles. The van der Waals surface area contributed by atoms with Gasteiger partial charge in [-0.25, -0.2) is 4.39 Å². The highest BCUT2D eigenvalue weighted by atomic mass is 19.1. The van der Waals surface area contributed by atoms with E-state index in [4.69, 9.17) is 0 Å². The highest BCUT2D eigenvalue weighted by Crippen LogP contribution is 2.15. The zero-order chi connectivity index (χ0) is 12.1. The number of halogens is 1. The molecule has 88 valence electrons. The maximum Gasteiger partial charge on any atom is 0.146 e. The van der Waals surface area contributed by atoms with Crippen LogP contribution in [0.4, 0.5) is 10.1 Å². The van der Waals surface area contributed by atoms with Crippen LogP contribution in [0.15, 0.2) is 48.5 Å². The van der Waals surface area contributed by atoms with Crippen LogP contribution in [0, 0.1) is 12.7 Å². The third-order valence-corrected chi connectivity index (χ3v) is 2.69. The maximum atomic E-state index is 13.4. The summed E-state index contributed by atoms with van der Waals surface area (Å²) in [6.45, 7) is 2.70. The van der Waals surface area contributed by atoms with Crippen molar-refractivity contribution in [1.82, 2.24) is 0 Å². The highest BCUT2D eigenvalue weighted by molar-refractivity contribution is 5.47. The molecule has 0 saturated heterocycles. The van der Waals surface area contributed by atoms with E-state index in [0.29, 0.717) is 5.69 Å². The van der Waals surface area contributed by atoms with Crippen LogP contribution in [-0.4, -0.2) is 6.54 Å². The molecule has 0 atom stereocenters. The van der Waals surface area contributed by atoms with E-state index in [2.05, 4.69) is 17.4 Å². The van der Waals surface area contributed by atoms with Crippen molar-refractivity contribution in [3.05, 3.63) is 65.5 Å². The number of hydrogen-bond donors (Lipinski definition) is 1. The molecule has 0 unspecified atom stereocenters. The second kappa shape index (κ2) is 5.48.